The highest BCUT2D eigenvalue weighted by Crippen LogP contribution is 2.42. The first-order chi connectivity index (χ1) is 13.0. The molecule has 0 radical (unpaired) electrons. The summed E-state index contributed by atoms with van der Waals surface area (Å²) in [6, 6.07) is 2.22. The lowest BCUT2D eigenvalue weighted by Crippen LogP contribution is -2.44. The lowest BCUT2D eigenvalue weighted by Gasteiger charge is -2.20. The number of fused-ring (bicyclic) bond motifs is 1. The average Bonchev–Trinajstić information content (AvgIpc) is 3.03. The third-order valence-electron chi connectivity index (χ3n) is 4.65. The Balaban J connectivity index is 1.87. The van der Waals surface area contributed by atoms with Crippen LogP contribution in [0.2, 0.25) is 0 Å². The van der Waals surface area contributed by atoms with Crippen LogP contribution in [0.3, 0.4) is 0 Å². The molecule has 1 fully saturated rings. The van der Waals surface area contributed by atoms with Crippen molar-refractivity contribution in [2.75, 3.05) is 19.6 Å². The minimum Gasteiger partial charge on any atom is -0.487 e. The number of nitro benzene ring substituents is 1. The minimum absolute atomic E-state index is 0.00966. The molecule has 2 atom stereocenters. The first kappa shape index (κ1) is 19.7. The number of primary amides is 1. The van der Waals surface area contributed by atoms with Crippen LogP contribution in [-0.2, 0) is 11.2 Å². The molecule has 1 aromatic carbocycles. The summed E-state index contributed by atoms with van der Waals surface area (Å²) in [5.74, 6) is -0.0706. The maximum absolute atomic E-state index is 11.5. The highest BCUT2D eigenvalue weighted by molar-refractivity contribution is 5.76. The zero-order chi connectivity index (χ0) is 20.6. The summed E-state index contributed by atoms with van der Waals surface area (Å²) in [6.45, 7) is 4.08. The predicted molar refractivity (Wildman–Crippen MR) is 96.5 cm³/mol. The van der Waals surface area contributed by atoms with E-state index in [9.17, 15) is 19.7 Å². The molecule has 11 heteroatoms. The van der Waals surface area contributed by atoms with Crippen molar-refractivity contribution in [2.24, 2.45) is 5.73 Å². The molecule has 0 aromatic heterocycles. The Bertz CT molecular complexity index is 826. The monoisotopic (exact) mass is 394 g/mol. The molecule has 1 aromatic rings. The van der Waals surface area contributed by atoms with E-state index in [2.05, 4.69) is 5.32 Å². The topological polar surface area (TPSA) is 157 Å². The van der Waals surface area contributed by atoms with E-state index in [1.165, 1.54) is 12.1 Å². The standard InChI is InChI=1S/C17H22N4O7/c1-17(2)5-9-3-11(21(25)26)13(4-12(9)28-17)27-14-7-20(8-15(18)22)6-10(14)19-16(23)24/h3-4,10,14,19H,5-8H2,1-2H3,(H2,18,22)(H,23,24). The molecule has 4 N–H and O–H groups in total. The number of amides is 2. The van der Waals surface area contributed by atoms with Crippen molar-refractivity contribution in [2.45, 2.75) is 38.0 Å². The van der Waals surface area contributed by atoms with Gasteiger partial charge in [0.25, 0.3) is 0 Å². The van der Waals surface area contributed by atoms with Crippen LogP contribution in [-0.4, -0.2) is 64.3 Å². The van der Waals surface area contributed by atoms with Crippen LogP contribution >= 0.6 is 0 Å². The van der Waals surface area contributed by atoms with E-state index in [1.54, 1.807) is 4.90 Å². The van der Waals surface area contributed by atoms with Gasteiger partial charge in [0.15, 0.2) is 0 Å². The Labute approximate surface area is 160 Å². The van der Waals surface area contributed by atoms with Crippen molar-refractivity contribution in [3.8, 4) is 11.5 Å². The number of benzene rings is 1. The maximum atomic E-state index is 11.5. The zero-order valence-electron chi connectivity index (χ0n) is 15.5. The Morgan fingerprint density at radius 3 is 2.79 bits per heavy atom. The van der Waals surface area contributed by atoms with E-state index in [4.69, 9.17) is 20.3 Å². The number of hydrogen-bond acceptors (Lipinski definition) is 7. The van der Waals surface area contributed by atoms with Gasteiger partial charge in [0.1, 0.15) is 17.5 Å². The molecule has 0 aliphatic carbocycles. The fourth-order valence-electron chi connectivity index (χ4n) is 3.64. The Morgan fingerprint density at radius 2 is 2.18 bits per heavy atom. The van der Waals surface area contributed by atoms with Crippen molar-refractivity contribution >= 4 is 17.7 Å². The molecule has 2 heterocycles. The number of nitrogens with one attached hydrogen (secondary N) is 1. The van der Waals surface area contributed by atoms with Crippen LogP contribution in [0, 0.1) is 10.1 Å². The lowest BCUT2D eigenvalue weighted by atomic mass is 10.0. The fraction of sp³-hybridized carbons (Fsp3) is 0.529. The fourth-order valence-corrected chi connectivity index (χ4v) is 3.64. The van der Waals surface area contributed by atoms with E-state index in [0.29, 0.717) is 17.7 Å². The number of carbonyl (C=O) groups excluding carboxylic acids is 1. The second kappa shape index (κ2) is 7.15. The number of hydrogen-bond donors (Lipinski definition) is 3. The SMILES string of the molecule is CC1(C)Cc2cc([N+](=O)[O-])c(OC3CN(CC(N)=O)CC3NC(=O)O)cc2O1. The highest BCUT2D eigenvalue weighted by atomic mass is 16.6. The van der Waals surface area contributed by atoms with E-state index in [0.717, 1.165) is 0 Å². The average molecular weight is 394 g/mol. The molecule has 28 heavy (non-hydrogen) atoms. The van der Waals surface area contributed by atoms with Gasteiger partial charge in [-0.1, -0.05) is 0 Å². The Morgan fingerprint density at radius 1 is 1.46 bits per heavy atom. The summed E-state index contributed by atoms with van der Waals surface area (Å²) in [5.41, 5.74) is 5.22. The van der Waals surface area contributed by atoms with Gasteiger partial charge in [0.05, 0.1) is 17.5 Å². The van der Waals surface area contributed by atoms with Crippen molar-refractivity contribution < 1.29 is 29.1 Å². The summed E-state index contributed by atoms with van der Waals surface area (Å²) < 4.78 is 11.7. The molecule has 0 saturated carbocycles. The Kier molecular flexibility index (Phi) is 5.02. The molecule has 152 valence electrons. The van der Waals surface area contributed by atoms with Gasteiger partial charge in [-0.3, -0.25) is 19.8 Å². The van der Waals surface area contributed by atoms with Gasteiger partial charge in [-0.15, -0.1) is 0 Å². The highest BCUT2D eigenvalue weighted by Gasteiger charge is 2.39. The number of nitrogens with zero attached hydrogens (tertiary/aromatic N) is 2. The van der Waals surface area contributed by atoms with E-state index in [1.807, 2.05) is 13.8 Å². The smallest absolute Gasteiger partial charge is 0.405 e. The van der Waals surface area contributed by atoms with Crippen molar-refractivity contribution in [3.05, 3.63) is 27.8 Å². The van der Waals surface area contributed by atoms with Crippen molar-refractivity contribution in [1.29, 1.82) is 0 Å². The van der Waals surface area contributed by atoms with E-state index < -0.39 is 34.7 Å². The van der Waals surface area contributed by atoms with E-state index in [-0.39, 0.29) is 31.1 Å². The van der Waals surface area contributed by atoms with Gasteiger partial charge in [-0.05, 0) is 13.8 Å². The van der Waals surface area contributed by atoms with E-state index >= 15 is 0 Å². The first-order valence-electron chi connectivity index (χ1n) is 8.71. The third kappa shape index (κ3) is 4.25. The molecule has 1 saturated heterocycles. The van der Waals surface area contributed by atoms with Gasteiger partial charge in [0.2, 0.25) is 11.7 Å². The van der Waals surface area contributed by atoms with Gasteiger partial charge in [-0.2, -0.15) is 0 Å². The second-order valence-electron chi connectivity index (χ2n) is 7.60. The normalized spacial score (nSPS) is 22.9. The van der Waals surface area contributed by atoms with Crippen LogP contribution in [0.5, 0.6) is 11.5 Å². The van der Waals surface area contributed by atoms with Gasteiger partial charge in [-0.25, -0.2) is 4.79 Å². The number of nitro groups is 1. The lowest BCUT2D eigenvalue weighted by molar-refractivity contribution is -0.386. The van der Waals surface area contributed by atoms with Gasteiger partial charge in [0, 0.05) is 37.2 Å². The summed E-state index contributed by atoms with van der Waals surface area (Å²) in [6.07, 6.45) is -1.46. The summed E-state index contributed by atoms with van der Waals surface area (Å²) in [4.78, 5) is 34.9. The van der Waals surface area contributed by atoms with Crippen LogP contribution in [0.4, 0.5) is 10.5 Å². The number of carbonyl (C=O) groups is 2. The largest absolute Gasteiger partial charge is 0.487 e. The summed E-state index contributed by atoms with van der Waals surface area (Å²) in [7, 11) is 0. The molecule has 2 amide bonds. The molecular formula is C17H22N4O7. The number of likely N-dealkylation sites (tertiary alicyclic amines) is 1. The first-order valence-corrected chi connectivity index (χ1v) is 8.71. The molecular weight excluding hydrogens is 372 g/mol. The number of ether oxygens (including phenoxy) is 2. The molecule has 0 spiro atoms. The maximum Gasteiger partial charge on any atom is 0.405 e. The molecule has 2 unspecified atom stereocenters. The van der Waals surface area contributed by atoms with Gasteiger partial charge >= 0.3 is 11.8 Å². The molecule has 0 bridgehead atoms. The van der Waals surface area contributed by atoms with Crippen LogP contribution < -0.4 is 20.5 Å². The van der Waals surface area contributed by atoms with Crippen molar-refractivity contribution in [1.82, 2.24) is 10.2 Å². The Hall–Kier alpha value is -3.08. The number of rotatable bonds is 6. The number of nitrogens with two attached hydrogens (primary N) is 1. The number of carboxylic acid groups (broad SMARTS) is 1. The molecule has 11 nitrogen and oxygen atoms in total. The molecule has 2 aliphatic rings. The second-order valence-corrected chi connectivity index (χ2v) is 7.60. The third-order valence-corrected chi connectivity index (χ3v) is 4.65. The summed E-state index contributed by atoms with van der Waals surface area (Å²) in [5, 5.41) is 22.9. The predicted octanol–water partition coefficient (Wildman–Crippen LogP) is 0.493. The van der Waals surface area contributed by atoms with Crippen LogP contribution in [0.1, 0.15) is 19.4 Å². The van der Waals surface area contributed by atoms with Crippen LogP contribution in [0.25, 0.3) is 0 Å². The van der Waals surface area contributed by atoms with Crippen molar-refractivity contribution in [3.63, 3.8) is 0 Å². The van der Waals surface area contributed by atoms with Crippen LogP contribution in [0.15, 0.2) is 12.1 Å². The minimum atomic E-state index is -1.26. The van der Waals surface area contributed by atoms with Gasteiger partial charge < -0.3 is 25.6 Å². The zero-order valence-corrected chi connectivity index (χ0v) is 15.5. The summed E-state index contributed by atoms with van der Waals surface area (Å²) >= 11 is 0. The molecule has 2 aliphatic heterocycles. The quantitative estimate of drug-likeness (QED) is 0.465. The molecule has 3 rings (SSSR count).